The minimum absolute atomic E-state index is 0.594. The Balaban J connectivity index is 2.00. The normalized spacial score (nSPS) is 20.4. The number of nitrogens with one attached hydrogen (secondary N) is 1. The van der Waals surface area contributed by atoms with Crippen molar-refractivity contribution < 1.29 is 0 Å². The van der Waals surface area contributed by atoms with Crippen LogP contribution in [-0.2, 0) is 12.8 Å². The summed E-state index contributed by atoms with van der Waals surface area (Å²) < 4.78 is 0. The van der Waals surface area contributed by atoms with Crippen molar-refractivity contribution in [1.29, 1.82) is 0 Å². The molecule has 1 heteroatoms. The summed E-state index contributed by atoms with van der Waals surface area (Å²) in [7, 11) is 0. The van der Waals surface area contributed by atoms with Gasteiger partial charge in [0.25, 0.3) is 0 Å². The van der Waals surface area contributed by atoms with E-state index < -0.39 is 0 Å². The van der Waals surface area contributed by atoms with Crippen LogP contribution < -0.4 is 5.32 Å². The molecule has 1 nitrogen and oxygen atoms in total. The molecule has 0 spiro atoms. The maximum absolute atomic E-state index is 4.18. The molecule has 2 atom stereocenters. The van der Waals surface area contributed by atoms with Crippen LogP contribution in [0.5, 0.6) is 0 Å². The zero-order valence-electron chi connectivity index (χ0n) is 17.6. The van der Waals surface area contributed by atoms with Crippen LogP contribution in [0.25, 0.3) is 5.57 Å². The molecule has 1 aliphatic rings. The fourth-order valence-corrected chi connectivity index (χ4v) is 4.13. The van der Waals surface area contributed by atoms with Gasteiger partial charge in [0.05, 0.1) is 0 Å². The van der Waals surface area contributed by atoms with Gasteiger partial charge in [0.1, 0.15) is 0 Å². The van der Waals surface area contributed by atoms with Crippen molar-refractivity contribution >= 4 is 5.57 Å². The highest BCUT2D eigenvalue weighted by molar-refractivity contribution is 5.65. The van der Waals surface area contributed by atoms with Crippen LogP contribution in [0.3, 0.4) is 0 Å². The molecule has 1 aliphatic carbocycles. The second-order valence-corrected chi connectivity index (χ2v) is 7.90. The number of aryl methyl sites for hydroxylation is 1. The lowest BCUT2D eigenvalue weighted by molar-refractivity contribution is 0.266. The van der Waals surface area contributed by atoms with Crippen molar-refractivity contribution in [1.82, 2.24) is 5.32 Å². The van der Waals surface area contributed by atoms with Gasteiger partial charge in [0, 0.05) is 12.6 Å². The summed E-state index contributed by atoms with van der Waals surface area (Å²) in [6.45, 7) is 15.6. The molecule has 0 amide bonds. The molecule has 0 heterocycles. The summed E-state index contributed by atoms with van der Waals surface area (Å²) in [6.07, 6.45) is 15.8. The average molecular weight is 364 g/mol. The largest absolute Gasteiger partial charge is 0.310 e. The molecule has 0 saturated heterocycles. The Morgan fingerprint density at radius 2 is 1.96 bits per heavy atom. The molecule has 0 aromatic heterocycles. The summed E-state index contributed by atoms with van der Waals surface area (Å²) >= 11 is 0. The summed E-state index contributed by atoms with van der Waals surface area (Å²) in [6, 6.07) is 7.59. The van der Waals surface area contributed by atoms with E-state index in [1.807, 2.05) is 13.0 Å². The molecule has 146 valence electrons. The summed E-state index contributed by atoms with van der Waals surface area (Å²) in [4.78, 5) is 0. The quantitative estimate of drug-likeness (QED) is 0.484. The third kappa shape index (κ3) is 6.66. The maximum Gasteiger partial charge on any atom is 0.0202 e. The predicted molar refractivity (Wildman–Crippen MR) is 121 cm³/mol. The first-order chi connectivity index (χ1) is 13.0. The molecular formula is C26H37N. The summed E-state index contributed by atoms with van der Waals surface area (Å²) in [5, 5.41) is 3.79. The molecule has 0 aliphatic heterocycles. The lowest BCUT2D eigenvalue weighted by Crippen LogP contribution is -2.40. The first kappa shape index (κ1) is 21.4. The van der Waals surface area contributed by atoms with Gasteiger partial charge < -0.3 is 5.32 Å². The second-order valence-electron chi connectivity index (χ2n) is 7.90. The number of benzene rings is 1. The van der Waals surface area contributed by atoms with Crippen molar-refractivity contribution in [3.63, 3.8) is 0 Å². The fraction of sp³-hybridized carbons (Fsp3) is 0.462. The average Bonchev–Trinajstić information content (AvgIpc) is 2.67. The van der Waals surface area contributed by atoms with Crippen molar-refractivity contribution in [2.75, 3.05) is 6.54 Å². The fourth-order valence-electron chi connectivity index (χ4n) is 4.13. The summed E-state index contributed by atoms with van der Waals surface area (Å²) in [5.74, 6) is 0.714. The number of allylic oxidation sites excluding steroid dienone is 4. The lowest BCUT2D eigenvalue weighted by atomic mass is 9.80. The smallest absolute Gasteiger partial charge is 0.0202 e. The Hall–Kier alpha value is -1.86. The number of hydrogen-bond acceptors (Lipinski definition) is 1. The molecule has 1 N–H and O–H groups in total. The number of rotatable bonds is 9. The molecule has 1 saturated carbocycles. The van der Waals surface area contributed by atoms with E-state index in [0.29, 0.717) is 12.0 Å². The topological polar surface area (TPSA) is 12.0 Å². The summed E-state index contributed by atoms with van der Waals surface area (Å²) in [5.41, 5.74) is 6.55. The molecule has 1 aromatic carbocycles. The molecule has 2 unspecified atom stereocenters. The van der Waals surface area contributed by atoms with Crippen LogP contribution in [0.4, 0.5) is 0 Å². The van der Waals surface area contributed by atoms with Gasteiger partial charge >= 0.3 is 0 Å². The van der Waals surface area contributed by atoms with Crippen LogP contribution >= 0.6 is 0 Å². The zero-order chi connectivity index (χ0) is 19.6. The Labute approximate surface area is 167 Å². The van der Waals surface area contributed by atoms with Gasteiger partial charge in [-0.1, -0.05) is 81.0 Å². The molecule has 2 rings (SSSR count). The Morgan fingerprint density at radius 1 is 1.19 bits per heavy atom. The van der Waals surface area contributed by atoms with Gasteiger partial charge in [-0.05, 0) is 67.7 Å². The van der Waals surface area contributed by atoms with E-state index in [4.69, 9.17) is 0 Å². The van der Waals surface area contributed by atoms with E-state index in [1.54, 1.807) is 0 Å². The van der Waals surface area contributed by atoms with E-state index in [1.165, 1.54) is 54.4 Å². The van der Waals surface area contributed by atoms with Crippen molar-refractivity contribution in [3.05, 3.63) is 77.9 Å². The van der Waals surface area contributed by atoms with E-state index in [9.17, 15) is 0 Å². The molecule has 27 heavy (non-hydrogen) atoms. The minimum atomic E-state index is 0.594. The van der Waals surface area contributed by atoms with E-state index in [2.05, 4.69) is 68.7 Å². The molecule has 1 aromatic rings. The first-order valence-corrected chi connectivity index (χ1v) is 10.5. The third-order valence-electron chi connectivity index (χ3n) is 5.64. The second kappa shape index (κ2) is 11.1. The van der Waals surface area contributed by atoms with Gasteiger partial charge in [-0.15, -0.1) is 0 Å². The van der Waals surface area contributed by atoms with Crippen LogP contribution in [0, 0.1) is 5.92 Å². The lowest BCUT2D eigenvalue weighted by Gasteiger charge is -2.33. The Morgan fingerprint density at radius 3 is 2.67 bits per heavy atom. The SMILES string of the molecule is C=C(/C=C\C=C/C)CNC1CCCCC1Cc1ccc(C(=C)C)c(CC)c1. The van der Waals surface area contributed by atoms with E-state index in [0.717, 1.165) is 18.5 Å². The molecular weight excluding hydrogens is 326 g/mol. The highest BCUT2D eigenvalue weighted by Gasteiger charge is 2.25. The van der Waals surface area contributed by atoms with Gasteiger partial charge in [-0.25, -0.2) is 0 Å². The van der Waals surface area contributed by atoms with Gasteiger partial charge in [0.2, 0.25) is 0 Å². The monoisotopic (exact) mass is 363 g/mol. The number of hydrogen-bond donors (Lipinski definition) is 1. The van der Waals surface area contributed by atoms with Crippen LogP contribution in [0.2, 0.25) is 0 Å². The molecule has 1 fully saturated rings. The zero-order valence-corrected chi connectivity index (χ0v) is 17.6. The van der Waals surface area contributed by atoms with Gasteiger partial charge in [0.15, 0.2) is 0 Å². The Kier molecular flexibility index (Phi) is 8.81. The Bertz CT molecular complexity index is 692. The van der Waals surface area contributed by atoms with Crippen molar-refractivity contribution in [3.8, 4) is 0 Å². The van der Waals surface area contributed by atoms with Crippen LogP contribution in [0.15, 0.2) is 61.2 Å². The highest BCUT2D eigenvalue weighted by Crippen LogP contribution is 2.29. The van der Waals surface area contributed by atoms with E-state index >= 15 is 0 Å². The van der Waals surface area contributed by atoms with E-state index in [-0.39, 0.29) is 0 Å². The predicted octanol–water partition coefficient (Wildman–Crippen LogP) is 6.66. The van der Waals surface area contributed by atoms with Crippen LogP contribution in [-0.4, -0.2) is 12.6 Å². The van der Waals surface area contributed by atoms with Gasteiger partial charge in [-0.3, -0.25) is 0 Å². The standard InChI is InChI=1S/C26H37N/c1-6-8-9-12-21(5)19-27-26-14-11-10-13-24(26)18-22-15-16-25(20(3)4)23(7-2)17-22/h6,8-9,12,15-17,24,26-27H,3,5,7,10-11,13-14,18-19H2,1-2,4H3/b8-6-,12-9-. The highest BCUT2D eigenvalue weighted by atomic mass is 14.9. The first-order valence-electron chi connectivity index (χ1n) is 10.5. The minimum Gasteiger partial charge on any atom is -0.310 e. The molecule has 0 radical (unpaired) electrons. The van der Waals surface area contributed by atoms with Crippen molar-refractivity contribution in [2.45, 2.75) is 65.3 Å². The van der Waals surface area contributed by atoms with Crippen LogP contribution in [0.1, 0.15) is 63.1 Å². The van der Waals surface area contributed by atoms with Crippen molar-refractivity contribution in [2.24, 2.45) is 5.92 Å². The maximum atomic E-state index is 4.18. The van der Waals surface area contributed by atoms with Gasteiger partial charge in [-0.2, -0.15) is 0 Å². The molecule has 0 bridgehead atoms. The third-order valence-corrected chi connectivity index (χ3v) is 5.64.